The lowest BCUT2D eigenvalue weighted by Crippen LogP contribution is -2.17. The van der Waals surface area contributed by atoms with Crippen molar-refractivity contribution in [1.82, 2.24) is 14.9 Å². The summed E-state index contributed by atoms with van der Waals surface area (Å²) in [5.74, 6) is 0. The summed E-state index contributed by atoms with van der Waals surface area (Å²) in [4.78, 5) is 0. The molecule has 2 N–H and O–H groups in total. The Morgan fingerprint density at radius 2 is 2.43 bits per heavy atom. The maximum atomic E-state index is 9.83. The fourth-order valence-electron chi connectivity index (χ4n) is 1.56. The van der Waals surface area contributed by atoms with Crippen molar-refractivity contribution in [2.24, 2.45) is 0 Å². The van der Waals surface area contributed by atoms with E-state index in [2.05, 4.69) is 10.4 Å². The summed E-state index contributed by atoms with van der Waals surface area (Å²) < 4.78 is 1.76. The average Bonchev–Trinajstić information content (AvgIpc) is 2.65. The zero-order valence-corrected chi connectivity index (χ0v) is 8.01. The highest BCUT2D eigenvalue weighted by molar-refractivity contribution is 5.54. The predicted octanol–water partition coefficient (Wildman–Crippen LogP) is 0.587. The van der Waals surface area contributed by atoms with Gasteiger partial charge in [-0.25, -0.2) is 4.52 Å². The van der Waals surface area contributed by atoms with Gasteiger partial charge < -0.3 is 10.4 Å². The normalized spacial score (nSPS) is 13.3. The van der Waals surface area contributed by atoms with Gasteiger partial charge >= 0.3 is 0 Å². The number of nitrogens with zero attached hydrogens (tertiary/aromatic N) is 2. The van der Waals surface area contributed by atoms with Crippen LogP contribution in [0.15, 0.2) is 30.6 Å². The molecular formula is C10H13N3O. The van der Waals surface area contributed by atoms with Gasteiger partial charge in [-0.15, -0.1) is 0 Å². The Labute approximate surface area is 82.2 Å². The van der Waals surface area contributed by atoms with Crippen molar-refractivity contribution < 1.29 is 5.11 Å². The van der Waals surface area contributed by atoms with Crippen LogP contribution < -0.4 is 5.32 Å². The van der Waals surface area contributed by atoms with Crippen LogP contribution in [-0.4, -0.2) is 28.3 Å². The van der Waals surface area contributed by atoms with Crippen LogP contribution >= 0.6 is 0 Å². The van der Waals surface area contributed by atoms with Crippen LogP contribution in [0.2, 0.25) is 0 Å². The highest BCUT2D eigenvalue weighted by Gasteiger charge is 2.10. The second kappa shape index (κ2) is 3.77. The van der Waals surface area contributed by atoms with Gasteiger partial charge in [0.1, 0.15) is 0 Å². The molecule has 0 fully saturated rings. The molecule has 74 valence electrons. The van der Waals surface area contributed by atoms with Crippen LogP contribution in [0.4, 0.5) is 0 Å². The first kappa shape index (κ1) is 9.18. The van der Waals surface area contributed by atoms with E-state index in [1.807, 2.05) is 31.4 Å². The number of fused-ring (bicyclic) bond motifs is 1. The fraction of sp³-hybridized carbons (Fsp3) is 0.300. The summed E-state index contributed by atoms with van der Waals surface area (Å²) in [6.45, 7) is 0.546. The molecule has 2 aromatic heterocycles. The van der Waals surface area contributed by atoms with E-state index >= 15 is 0 Å². The topological polar surface area (TPSA) is 49.6 Å². The van der Waals surface area contributed by atoms with Crippen molar-refractivity contribution >= 4 is 5.52 Å². The van der Waals surface area contributed by atoms with Crippen molar-refractivity contribution in [3.8, 4) is 0 Å². The van der Waals surface area contributed by atoms with Crippen LogP contribution in [-0.2, 0) is 0 Å². The third kappa shape index (κ3) is 1.49. The van der Waals surface area contributed by atoms with E-state index in [1.165, 1.54) is 0 Å². The van der Waals surface area contributed by atoms with Gasteiger partial charge in [0.05, 0.1) is 11.6 Å². The monoisotopic (exact) mass is 191 g/mol. The number of hydrogen-bond donors (Lipinski definition) is 2. The molecule has 2 rings (SSSR count). The molecule has 0 spiro atoms. The van der Waals surface area contributed by atoms with Gasteiger partial charge in [0.25, 0.3) is 0 Å². The molecule has 1 unspecified atom stereocenters. The Kier molecular flexibility index (Phi) is 2.47. The highest BCUT2D eigenvalue weighted by atomic mass is 16.3. The van der Waals surface area contributed by atoms with Crippen LogP contribution in [0.3, 0.4) is 0 Å². The Morgan fingerprint density at radius 1 is 1.57 bits per heavy atom. The van der Waals surface area contributed by atoms with E-state index in [1.54, 1.807) is 10.7 Å². The van der Waals surface area contributed by atoms with Gasteiger partial charge in [0.2, 0.25) is 0 Å². The second-order valence-electron chi connectivity index (χ2n) is 3.20. The number of likely N-dealkylation sites (N-methyl/N-ethyl adjacent to an activating group) is 1. The quantitative estimate of drug-likeness (QED) is 0.746. The third-order valence-electron chi connectivity index (χ3n) is 2.23. The lowest BCUT2D eigenvalue weighted by Gasteiger charge is -2.11. The SMILES string of the molecule is CNCC(O)c1cccn2nccc12. The largest absolute Gasteiger partial charge is 0.387 e. The van der Waals surface area contributed by atoms with Gasteiger partial charge in [-0.2, -0.15) is 5.10 Å². The first-order valence-corrected chi connectivity index (χ1v) is 4.58. The number of aliphatic hydroxyl groups is 1. The zero-order chi connectivity index (χ0) is 9.97. The summed E-state index contributed by atoms with van der Waals surface area (Å²) in [6.07, 6.45) is 3.11. The predicted molar refractivity (Wildman–Crippen MR) is 54.1 cm³/mol. The Balaban J connectivity index is 2.45. The van der Waals surface area contributed by atoms with E-state index in [0.29, 0.717) is 6.54 Å². The summed E-state index contributed by atoms with van der Waals surface area (Å²) in [6, 6.07) is 5.70. The molecule has 0 radical (unpaired) electrons. The van der Waals surface area contributed by atoms with Crippen LogP contribution in [0.5, 0.6) is 0 Å². The molecule has 0 bridgehead atoms. The van der Waals surface area contributed by atoms with Crippen LogP contribution in [0.25, 0.3) is 5.52 Å². The van der Waals surface area contributed by atoms with Gasteiger partial charge in [-0.3, -0.25) is 0 Å². The van der Waals surface area contributed by atoms with E-state index in [0.717, 1.165) is 11.1 Å². The molecule has 1 atom stereocenters. The lowest BCUT2D eigenvalue weighted by atomic mass is 10.1. The van der Waals surface area contributed by atoms with Crippen molar-refractivity contribution in [3.63, 3.8) is 0 Å². The Hall–Kier alpha value is -1.39. The van der Waals surface area contributed by atoms with Crippen molar-refractivity contribution in [2.75, 3.05) is 13.6 Å². The number of rotatable bonds is 3. The smallest absolute Gasteiger partial charge is 0.0935 e. The first-order chi connectivity index (χ1) is 6.83. The molecule has 0 aliphatic carbocycles. The molecular weight excluding hydrogens is 178 g/mol. The summed E-state index contributed by atoms with van der Waals surface area (Å²) >= 11 is 0. The highest BCUT2D eigenvalue weighted by Crippen LogP contribution is 2.17. The molecule has 4 heteroatoms. The molecule has 0 aliphatic rings. The molecule has 0 amide bonds. The van der Waals surface area contributed by atoms with Gasteiger partial charge in [-0.1, -0.05) is 6.07 Å². The molecule has 0 aromatic carbocycles. The number of aromatic nitrogens is 2. The lowest BCUT2D eigenvalue weighted by molar-refractivity contribution is 0.179. The Bertz CT molecular complexity index is 424. The number of pyridine rings is 1. The minimum Gasteiger partial charge on any atom is -0.387 e. The number of nitrogens with one attached hydrogen (secondary N) is 1. The maximum Gasteiger partial charge on any atom is 0.0935 e. The Morgan fingerprint density at radius 3 is 3.21 bits per heavy atom. The molecule has 14 heavy (non-hydrogen) atoms. The standard InChI is InChI=1S/C10H13N3O/c1-11-7-10(14)8-3-2-6-13-9(8)4-5-12-13/h2-6,10-11,14H,7H2,1H3. The molecule has 0 aliphatic heterocycles. The average molecular weight is 191 g/mol. The van der Waals surface area contributed by atoms with E-state index in [-0.39, 0.29) is 0 Å². The van der Waals surface area contributed by atoms with Crippen molar-refractivity contribution in [3.05, 3.63) is 36.2 Å². The van der Waals surface area contributed by atoms with E-state index < -0.39 is 6.10 Å². The zero-order valence-electron chi connectivity index (χ0n) is 8.01. The van der Waals surface area contributed by atoms with E-state index in [4.69, 9.17) is 0 Å². The van der Waals surface area contributed by atoms with Crippen molar-refractivity contribution in [1.29, 1.82) is 0 Å². The second-order valence-corrected chi connectivity index (χ2v) is 3.20. The van der Waals surface area contributed by atoms with Crippen molar-refractivity contribution in [2.45, 2.75) is 6.10 Å². The first-order valence-electron chi connectivity index (χ1n) is 4.58. The summed E-state index contributed by atoms with van der Waals surface area (Å²) in [5, 5.41) is 16.9. The number of aliphatic hydroxyl groups excluding tert-OH is 1. The third-order valence-corrected chi connectivity index (χ3v) is 2.23. The van der Waals surface area contributed by atoms with Gasteiger partial charge in [0.15, 0.2) is 0 Å². The van der Waals surface area contributed by atoms with Gasteiger partial charge in [0, 0.05) is 24.5 Å². The van der Waals surface area contributed by atoms with E-state index in [9.17, 15) is 5.11 Å². The maximum absolute atomic E-state index is 9.83. The van der Waals surface area contributed by atoms with Gasteiger partial charge in [-0.05, 0) is 19.2 Å². The molecule has 2 heterocycles. The van der Waals surface area contributed by atoms with Crippen LogP contribution in [0.1, 0.15) is 11.7 Å². The minimum atomic E-state index is -0.486. The molecule has 4 nitrogen and oxygen atoms in total. The van der Waals surface area contributed by atoms with Crippen LogP contribution in [0, 0.1) is 0 Å². The molecule has 0 saturated carbocycles. The fourth-order valence-corrected chi connectivity index (χ4v) is 1.56. The minimum absolute atomic E-state index is 0.486. The number of hydrogen-bond acceptors (Lipinski definition) is 3. The molecule has 0 saturated heterocycles. The summed E-state index contributed by atoms with van der Waals surface area (Å²) in [7, 11) is 1.82. The molecule has 2 aromatic rings. The summed E-state index contributed by atoms with van der Waals surface area (Å²) in [5.41, 5.74) is 1.86.